The molecule has 1 heterocycles. The average Bonchev–Trinajstić information content (AvgIpc) is 2.61. The van der Waals surface area contributed by atoms with Crippen molar-refractivity contribution >= 4 is 35.0 Å². The van der Waals surface area contributed by atoms with Crippen LogP contribution in [0.4, 0.5) is 5.69 Å². The first-order valence-corrected chi connectivity index (χ1v) is 9.40. The Morgan fingerprint density at radius 3 is 2.11 bits per heavy atom. The first-order chi connectivity index (χ1) is 13.3. The fourth-order valence-electron chi connectivity index (χ4n) is 3.22. The summed E-state index contributed by atoms with van der Waals surface area (Å²) in [5.74, 6) is -1.62. The molecule has 0 saturated heterocycles. The van der Waals surface area contributed by atoms with Gasteiger partial charge < -0.3 is 25.8 Å². The third-order valence-corrected chi connectivity index (χ3v) is 4.34. The van der Waals surface area contributed by atoms with Gasteiger partial charge >= 0.3 is 11.9 Å². The number of ether oxygens (including phenoxy) is 2. The molecule has 8 heteroatoms. The second-order valence-corrected chi connectivity index (χ2v) is 6.63. The van der Waals surface area contributed by atoms with Crippen molar-refractivity contribution in [3.05, 3.63) is 52.4 Å². The molecule has 2 rings (SSSR count). The monoisotopic (exact) mass is 403 g/mol. The van der Waals surface area contributed by atoms with E-state index in [0.717, 1.165) is 0 Å². The highest BCUT2D eigenvalue weighted by Crippen LogP contribution is 2.39. The molecule has 0 radical (unpaired) electrons. The molecular formula is C20H25N3O4S. The molecule has 4 N–H and O–H groups in total. The second-order valence-electron chi connectivity index (χ2n) is 6.19. The lowest BCUT2D eigenvalue weighted by molar-refractivity contribution is -0.139. The zero-order valence-corrected chi connectivity index (χ0v) is 17.2. The Kier molecular flexibility index (Phi) is 7.17. The normalized spacial score (nSPS) is 14.4. The van der Waals surface area contributed by atoms with E-state index in [4.69, 9.17) is 27.4 Å². The second kappa shape index (κ2) is 9.36. The smallest absolute Gasteiger partial charge is 0.336 e. The number of allylic oxidation sites excluding steroid dienone is 2. The standard InChI is InChI=1S/C20H25N3O4S/c1-5-26-18(24)15-11(3)22-12(4)16(19(25)27-6-2)17(15)13-8-7-9-14(10-13)23-20(21)28/h7-10,17,22H,5-6H2,1-4H3,(H3,21,23,28). The highest BCUT2D eigenvalue weighted by molar-refractivity contribution is 7.80. The van der Waals surface area contributed by atoms with Crippen LogP contribution in [-0.2, 0) is 19.1 Å². The number of carbonyl (C=O) groups excluding carboxylic acids is 2. The molecule has 0 atom stereocenters. The fraction of sp³-hybridized carbons (Fsp3) is 0.350. The summed E-state index contributed by atoms with van der Waals surface area (Å²) in [4.78, 5) is 25.5. The summed E-state index contributed by atoms with van der Waals surface area (Å²) in [5, 5.41) is 6.10. The van der Waals surface area contributed by atoms with E-state index in [-0.39, 0.29) is 18.3 Å². The molecule has 0 saturated carbocycles. The first-order valence-electron chi connectivity index (χ1n) is 8.99. The van der Waals surface area contributed by atoms with E-state index in [9.17, 15) is 9.59 Å². The van der Waals surface area contributed by atoms with Crippen LogP contribution in [0.3, 0.4) is 0 Å². The van der Waals surface area contributed by atoms with Gasteiger partial charge in [0.1, 0.15) is 0 Å². The number of hydrogen-bond donors (Lipinski definition) is 3. The third kappa shape index (κ3) is 4.69. The van der Waals surface area contributed by atoms with E-state index < -0.39 is 17.9 Å². The summed E-state index contributed by atoms with van der Waals surface area (Å²) < 4.78 is 10.5. The van der Waals surface area contributed by atoms with Gasteiger partial charge in [-0.05, 0) is 57.6 Å². The Labute approximate surface area is 170 Å². The highest BCUT2D eigenvalue weighted by Gasteiger charge is 2.37. The summed E-state index contributed by atoms with van der Waals surface area (Å²) in [7, 11) is 0. The molecule has 0 unspecified atom stereocenters. The van der Waals surface area contributed by atoms with Crippen LogP contribution in [0.25, 0.3) is 0 Å². The molecule has 0 spiro atoms. The number of nitrogens with two attached hydrogens (primary N) is 1. The van der Waals surface area contributed by atoms with Crippen LogP contribution < -0.4 is 16.4 Å². The van der Waals surface area contributed by atoms with Crippen LogP contribution >= 0.6 is 12.2 Å². The molecule has 0 aromatic heterocycles. The van der Waals surface area contributed by atoms with Crippen molar-refractivity contribution in [3.8, 4) is 0 Å². The number of rotatable bonds is 6. The number of carbonyl (C=O) groups is 2. The van der Waals surface area contributed by atoms with Gasteiger partial charge in [-0.15, -0.1) is 0 Å². The highest BCUT2D eigenvalue weighted by atomic mass is 32.1. The van der Waals surface area contributed by atoms with Gasteiger partial charge in [0.25, 0.3) is 0 Å². The van der Waals surface area contributed by atoms with E-state index in [2.05, 4.69) is 10.6 Å². The topological polar surface area (TPSA) is 103 Å². The van der Waals surface area contributed by atoms with Crippen molar-refractivity contribution in [2.45, 2.75) is 33.6 Å². The quantitative estimate of drug-likeness (QED) is 0.492. The SMILES string of the molecule is CCOC(=O)C1=C(C)NC(C)=C(C(=O)OCC)C1c1cccc(NC(N)=S)c1. The van der Waals surface area contributed by atoms with Crippen LogP contribution in [0.5, 0.6) is 0 Å². The van der Waals surface area contributed by atoms with Crippen LogP contribution in [0.2, 0.25) is 0 Å². The maximum Gasteiger partial charge on any atom is 0.336 e. The van der Waals surface area contributed by atoms with Crippen molar-refractivity contribution in [2.75, 3.05) is 18.5 Å². The fourth-order valence-corrected chi connectivity index (χ4v) is 3.34. The number of dihydropyridines is 1. The minimum Gasteiger partial charge on any atom is -0.463 e. The van der Waals surface area contributed by atoms with Crippen molar-refractivity contribution in [3.63, 3.8) is 0 Å². The molecule has 0 bridgehead atoms. The summed E-state index contributed by atoms with van der Waals surface area (Å²) in [6.45, 7) is 7.48. The van der Waals surface area contributed by atoms with Crippen molar-refractivity contribution in [1.29, 1.82) is 0 Å². The Balaban J connectivity index is 2.64. The van der Waals surface area contributed by atoms with Gasteiger partial charge in [0.05, 0.1) is 30.3 Å². The van der Waals surface area contributed by atoms with Gasteiger partial charge in [-0.3, -0.25) is 0 Å². The molecule has 0 amide bonds. The van der Waals surface area contributed by atoms with E-state index in [1.807, 2.05) is 6.07 Å². The van der Waals surface area contributed by atoms with Gasteiger partial charge in [0.2, 0.25) is 0 Å². The minimum atomic E-state index is -0.646. The minimum absolute atomic E-state index is 0.122. The van der Waals surface area contributed by atoms with Crippen molar-refractivity contribution in [2.24, 2.45) is 5.73 Å². The molecule has 0 fully saturated rings. The summed E-state index contributed by atoms with van der Waals surface area (Å²) >= 11 is 4.90. The first kappa shape index (κ1) is 21.4. The van der Waals surface area contributed by atoms with Gasteiger partial charge in [0, 0.05) is 17.1 Å². The molecule has 7 nitrogen and oxygen atoms in total. The molecule has 28 heavy (non-hydrogen) atoms. The van der Waals surface area contributed by atoms with E-state index in [1.54, 1.807) is 45.9 Å². The lowest BCUT2D eigenvalue weighted by atomic mass is 9.80. The Morgan fingerprint density at radius 1 is 1.11 bits per heavy atom. The molecule has 1 aliphatic heterocycles. The van der Waals surface area contributed by atoms with E-state index in [1.165, 1.54) is 0 Å². The third-order valence-electron chi connectivity index (χ3n) is 4.24. The van der Waals surface area contributed by atoms with Crippen LogP contribution in [0.15, 0.2) is 46.8 Å². The van der Waals surface area contributed by atoms with Crippen molar-refractivity contribution in [1.82, 2.24) is 5.32 Å². The van der Waals surface area contributed by atoms with E-state index >= 15 is 0 Å². The molecule has 150 valence electrons. The van der Waals surface area contributed by atoms with Crippen LogP contribution in [-0.4, -0.2) is 30.3 Å². The molecule has 1 aromatic carbocycles. The predicted molar refractivity (Wildman–Crippen MR) is 111 cm³/mol. The summed E-state index contributed by atoms with van der Waals surface area (Å²) in [6.07, 6.45) is 0. The largest absolute Gasteiger partial charge is 0.463 e. The predicted octanol–water partition coefficient (Wildman–Crippen LogP) is 2.70. The maximum absolute atomic E-state index is 12.7. The Bertz CT molecular complexity index is 821. The Morgan fingerprint density at radius 2 is 1.64 bits per heavy atom. The van der Waals surface area contributed by atoms with Crippen LogP contribution in [0.1, 0.15) is 39.2 Å². The number of benzene rings is 1. The van der Waals surface area contributed by atoms with E-state index in [0.29, 0.717) is 33.8 Å². The Hall–Kier alpha value is -2.87. The zero-order chi connectivity index (χ0) is 20.8. The average molecular weight is 404 g/mol. The number of nitrogens with one attached hydrogen (secondary N) is 2. The molecule has 1 aliphatic rings. The molecule has 1 aromatic rings. The molecule has 0 aliphatic carbocycles. The number of thiocarbonyl (C=S) groups is 1. The van der Waals surface area contributed by atoms with Gasteiger partial charge in [0.15, 0.2) is 5.11 Å². The lowest BCUT2D eigenvalue weighted by Crippen LogP contribution is -2.32. The van der Waals surface area contributed by atoms with Crippen LogP contribution in [0, 0.1) is 0 Å². The summed E-state index contributed by atoms with van der Waals surface area (Å²) in [5.41, 5.74) is 8.92. The van der Waals surface area contributed by atoms with Gasteiger partial charge in [-0.1, -0.05) is 12.1 Å². The van der Waals surface area contributed by atoms with Gasteiger partial charge in [-0.2, -0.15) is 0 Å². The maximum atomic E-state index is 12.7. The lowest BCUT2D eigenvalue weighted by Gasteiger charge is -2.30. The molecular weight excluding hydrogens is 378 g/mol. The number of esters is 2. The zero-order valence-electron chi connectivity index (χ0n) is 16.4. The number of anilines is 1. The van der Waals surface area contributed by atoms with Crippen molar-refractivity contribution < 1.29 is 19.1 Å². The number of hydrogen-bond acceptors (Lipinski definition) is 6. The van der Waals surface area contributed by atoms with Gasteiger partial charge in [-0.25, -0.2) is 9.59 Å². The summed E-state index contributed by atoms with van der Waals surface area (Å²) in [6, 6.07) is 7.23.